The van der Waals surface area contributed by atoms with Gasteiger partial charge in [0.1, 0.15) is 17.6 Å². The Morgan fingerprint density at radius 1 is 1.32 bits per heavy atom. The van der Waals surface area contributed by atoms with Crippen molar-refractivity contribution in [2.45, 2.75) is 63.5 Å². The van der Waals surface area contributed by atoms with E-state index in [1.807, 2.05) is 0 Å². The third kappa shape index (κ3) is 3.78. The maximum atomic E-state index is 13.9. The summed E-state index contributed by atoms with van der Waals surface area (Å²) in [7, 11) is 0. The van der Waals surface area contributed by atoms with Gasteiger partial charge in [0.2, 0.25) is 0 Å². The average molecular weight is 279 g/mol. The number of carboxylic acids is 1. The molecule has 1 fully saturated rings. The van der Waals surface area contributed by atoms with Gasteiger partial charge in [0.25, 0.3) is 5.92 Å². The fraction of sp³-hybridized carbons (Fsp3) is 0.833. The molecule has 7 heteroatoms. The summed E-state index contributed by atoms with van der Waals surface area (Å²) < 4.78 is 32.8. The predicted octanol–water partition coefficient (Wildman–Crippen LogP) is 2.54. The number of aliphatic carboxylic acids is 1. The van der Waals surface area contributed by atoms with E-state index in [4.69, 9.17) is 9.84 Å². The molecule has 1 amide bonds. The third-order valence-electron chi connectivity index (χ3n) is 3.02. The maximum Gasteiger partial charge on any atom is 0.408 e. The van der Waals surface area contributed by atoms with Crippen molar-refractivity contribution in [3.05, 3.63) is 0 Å². The second-order valence-corrected chi connectivity index (χ2v) is 5.84. The highest BCUT2D eigenvalue weighted by Crippen LogP contribution is 2.46. The van der Waals surface area contributed by atoms with Gasteiger partial charge in [0.05, 0.1) is 0 Å². The van der Waals surface area contributed by atoms with Crippen LogP contribution in [0.4, 0.5) is 13.6 Å². The Balaban J connectivity index is 2.76. The van der Waals surface area contributed by atoms with Crippen LogP contribution in [0.25, 0.3) is 0 Å². The molecule has 5 nitrogen and oxygen atoms in total. The van der Waals surface area contributed by atoms with Crippen LogP contribution in [0.2, 0.25) is 0 Å². The number of alkyl carbamates (subject to hydrolysis) is 1. The zero-order chi connectivity index (χ0) is 14.9. The molecule has 0 aromatic rings. The number of carboxylic acid groups (broad SMARTS) is 1. The summed E-state index contributed by atoms with van der Waals surface area (Å²) in [6, 6.07) is 0. The van der Waals surface area contributed by atoms with Crippen LogP contribution in [0.5, 0.6) is 0 Å². The van der Waals surface area contributed by atoms with Crippen molar-refractivity contribution >= 4 is 12.1 Å². The normalized spacial score (nSPS) is 18.4. The quantitative estimate of drug-likeness (QED) is 0.829. The van der Waals surface area contributed by atoms with E-state index >= 15 is 0 Å². The number of halogens is 2. The van der Waals surface area contributed by atoms with Gasteiger partial charge in [-0.1, -0.05) is 0 Å². The molecular formula is C12H19F2NO4. The lowest BCUT2D eigenvalue weighted by Gasteiger charge is -2.47. The predicted molar refractivity (Wildman–Crippen MR) is 63.2 cm³/mol. The van der Waals surface area contributed by atoms with Gasteiger partial charge >= 0.3 is 12.1 Å². The Kier molecular flexibility index (Phi) is 4.07. The lowest BCUT2D eigenvalue weighted by atomic mass is 9.71. The number of carbonyl (C=O) groups is 2. The number of carbonyl (C=O) groups excluding carboxylic acids is 1. The van der Waals surface area contributed by atoms with Crippen molar-refractivity contribution in [3.8, 4) is 0 Å². The smallest absolute Gasteiger partial charge is 0.408 e. The van der Waals surface area contributed by atoms with E-state index in [9.17, 15) is 18.4 Å². The van der Waals surface area contributed by atoms with Crippen LogP contribution in [0.3, 0.4) is 0 Å². The topological polar surface area (TPSA) is 75.6 Å². The standard InChI is InChI=1S/C12H19F2NO4/c1-10(2,3)19-9(18)15-11(5-4-6-11)12(13,14)7-8(16)17/h4-7H2,1-3H3,(H,15,18)(H,16,17). The van der Waals surface area contributed by atoms with Gasteiger partial charge in [-0.05, 0) is 40.0 Å². The molecule has 19 heavy (non-hydrogen) atoms. The lowest BCUT2D eigenvalue weighted by Crippen LogP contribution is -2.65. The molecule has 0 atom stereocenters. The number of ether oxygens (including phenoxy) is 1. The molecule has 0 aliphatic heterocycles. The fourth-order valence-electron chi connectivity index (χ4n) is 1.97. The van der Waals surface area contributed by atoms with E-state index in [-0.39, 0.29) is 12.8 Å². The molecule has 0 bridgehead atoms. The van der Waals surface area contributed by atoms with Crippen LogP contribution < -0.4 is 5.32 Å². The van der Waals surface area contributed by atoms with Crippen LogP contribution in [-0.4, -0.2) is 34.2 Å². The van der Waals surface area contributed by atoms with Crippen molar-refractivity contribution in [2.24, 2.45) is 0 Å². The van der Waals surface area contributed by atoms with Crippen LogP contribution in [0.1, 0.15) is 46.5 Å². The Bertz CT molecular complexity index is 372. The molecule has 0 unspecified atom stereocenters. The van der Waals surface area contributed by atoms with E-state index in [2.05, 4.69) is 5.32 Å². The molecule has 0 radical (unpaired) electrons. The first-order valence-corrected chi connectivity index (χ1v) is 6.08. The van der Waals surface area contributed by atoms with Crippen molar-refractivity contribution in [3.63, 3.8) is 0 Å². The molecule has 0 aromatic heterocycles. The van der Waals surface area contributed by atoms with Gasteiger partial charge in [-0.3, -0.25) is 4.79 Å². The van der Waals surface area contributed by atoms with Gasteiger partial charge in [-0.15, -0.1) is 0 Å². The van der Waals surface area contributed by atoms with Crippen LogP contribution in [0, 0.1) is 0 Å². The Labute approximate surface area is 110 Å². The minimum Gasteiger partial charge on any atom is -0.481 e. The van der Waals surface area contributed by atoms with Gasteiger partial charge in [0, 0.05) is 0 Å². The molecule has 0 spiro atoms. The molecule has 1 rings (SSSR count). The number of amides is 1. The zero-order valence-corrected chi connectivity index (χ0v) is 11.3. The molecule has 0 saturated heterocycles. The minimum atomic E-state index is -3.49. The average Bonchev–Trinajstić information content (AvgIpc) is 2.05. The van der Waals surface area contributed by atoms with Crippen LogP contribution in [-0.2, 0) is 9.53 Å². The van der Waals surface area contributed by atoms with Crippen molar-refractivity contribution < 1.29 is 28.2 Å². The molecule has 0 aromatic carbocycles. The second-order valence-electron chi connectivity index (χ2n) is 5.84. The summed E-state index contributed by atoms with van der Waals surface area (Å²) >= 11 is 0. The van der Waals surface area contributed by atoms with E-state index in [0.29, 0.717) is 6.42 Å². The Morgan fingerprint density at radius 3 is 2.16 bits per heavy atom. The van der Waals surface area contributed by atoms with Gasteiger partial charge in [-0.2, -0.15) is 0 Å². The molecule has 2 N–H and O–H groups in total. The third-order valence-corrected chi connectivity index (χ3v) is 3.02. The number of hydrogen-bond acceptors (Lipinski definition) is 3. The first kappa shape index (κ1) is 15.7. The SMILES string of the molecule is CC(C)(C)OC(=O)NC1(C(F)(F)CC(=O)O)CCC1. The summed E-state index contributed by atoms with van der Waals surface area (Å²) in [6.45, 7) is 4.86. The molecular weight excluding hydrogens is 260 g/mol. The molecule has 1 aliphatic rings. The highest BCUT2D eigenvalue weighted by molar-refractivity contribution is 5.71. The van der Waals surface area contributed by atoms with Crippen LogP contribution in [0.15, 0.2) is 0 Å². The van der Waals surface area contributed by atoms with E-state index in [1.165, 1.54) is 0 Å². The fourth-order valence-corrected chi connectivity index (χ4v) is 1.97. The van der Waals surface area contributed by atoms with Crippen molar-refractivity contribution in [2.75, 3.05) is 0 Å². The molecule has 0 heterocycles. The Morgan fingerprint density at radius 2 is 1.84 bits per heavy atom. The largest absolute Gasteiger partial charge is 0.481 e. The van der Waals surface area contributed by atoms with Gasteiger partial charge in [0.15, 0.2) is 0 Å². The zero-order valence-electron chi connectivity index (χ0n) is 11.3. The van der Waals surface area contributed by atoms with E-state index in [0.717, 1.165) is 0 Å². The first-order chi connectivity index (χ1) is 8.47. The maximum absolute atomic E-state index is 13.9. The summed E-state index contributed by atoms with van der Waals surface area (Å²) in [4.78, 5) is 22.1. The van der Waals surface area contributed by atoms with E-state index in [1.54, 1.807) is 20.8 Å². The lowest BCUT2D eigenvalue weighted by molar-refractivity contribution is -0.161. The monoisotopic (exact) mass is 279 g/mol. The van der Waals surface area contributed by atoms with Gasteiger partial charge < -0.3 is 15.2 Å². The number of alkyl halides is 2. The van der Waals surface area contributed by atoms with Crippen molar-refractivity contribution in [1.82, 2.24) is 5.32 Å². The number of rotatable bonds is 4. The van der Waals surface area contributed by atoms with Gasteiger partial charge in [-0.25, -0.2) is 13.6 Å². The molecule has 1 aliphatic carbocycles. The number of nitrogens with one attached hydrogen (secondary N) is 1. The molecule has 110 valence electrons. The number of hydrogen-bond donors (Lipinski definition) is 2. The summed E-state index contributed by atoms with van der Waals surface area (Å²) in [6.07, 6.45) is -1.63. The van der Waals surface area contributed by atoms with E-state index < -0.39 is 35.5 Å². The molecule has 1 saturated carbocycles. The van der Waals surface area contributed by atoms with Crippen molar-refractivity contribution in [1.29, 1.82) is 0 Å². The highest BCUT2D eigenvalue weighted by atomic mass is 19.3. The highest BCUT2D eigenvalue weighted by Gasteiger charge is 2.59. The summed E-state index contributed by atoms with van der Waals surface area (Å²) in [5, 5.41) is 10.7. The first-order valence-electron chi connectivity index (χ1n) is 6.08. The summed E-state index contributed by atoms with van der Waals surface area (Å²) in [5.41, 5.74) is -2.59. The second kappa shape index (κ2) is 4.94. The Hall–Kier alpha value is -1.40. The van der Waals surface area contributed by atoms with Crippen LogP contribution >= 0.6 is 0 Å². The minimum absolute atomic E-state index is 0.0481. The summed E-state index contributed by atoms with van der Waals surface area (Å²) in [5.74, 6) is -5.09.